The van der Waals surface area contributed by atoms with Gasteiger partial charge in [-0.1, -0.05) is 27.7 Å². The largest absolute Gasteiger partial charge is 0.392 e. The van der Waals surface area contributed by atoms with Gasteiger partial charge in [-0.3, -0.25) is 4.79 Å². The van der Waals surface area contributed by atoms with Crippen molar-refractivity contribution in [2.24, 2.45) is 11.3 Å². The molecule has 1 atom stereocenters. The first-order chi connectivity index (χ1) is 9.13. The lowest BCUT2D eigenvalue weighted by Gasteiger charge is -2.33. The molecule has 0 fully saturated rings. The Bertz CT molecular complexity index is 517. The molecule has 114 valence electrons. The Hall–Kier alpha value is -0.720. The zero-order chi connectivity index (χ0) is 15.5. The maximum absolute atomic E-state index is 12.0. The van der Waals surface area contributed by atoms with Crippen LogP contribution in [0.4, 0.5) is 0 Å². The predicted octanol–water partition coefficient (Wildman–Crippen LogP) is 2.82. The topological polar surface area (TPSA) is 65.1 Å². The van der Waals surface area contributed by atoms with Gasteiger partial charge in [0.25, 0.3) is 0 Å². The quantitative estimate of drug-likeness (QED) is 0.707. The first kappa shape index (κ1) is 17.3. The first-order valence-electron chi connectivity index (χ1n) is 6.77. The van der Waals surface area contributed by atoms with Gasteiger partial charge in [-0.25, -0.2) is 0 Å². The third-order valence-electron chi connectivity index (χ3n) is 3.42. The second-order valence-corrected chi connectivity index (χ2v) is 7.97. The predicted molar refractivity (Wildman–Crippen MR) is 85.6 cm³/mol. The van der Waals surface area contributed by atoms with Gasteiger partial charge in [-0.2, -0.15) is 0 Å². The van der Waals surface area contributed by atoms with Gasteiger partial charge in [0.1, 0.15) is 0 Å². The normalized spacial score (nSPS) is 13.6. The van der Waals surface area contributed by atoms with E-state index in [0.717, 1.165) is 10.6 Å². The number of amides is 1. The Kier molecular flexibility index (Phi) is 5.91. The number of hydrogen-bond acceptors (Lipinski definition) is 4. The molecule has 20 heavy (non-hydrogen) atoms. The van der Waals surface area contributed by atoms with E-state index in [-0.39, 0.29) is 17.2 Å². The third kappa shape index (κ3) is 4.68. The van der Waals surface area contributed by atoms with Crippen molar-refractivity contribution in [2.45, 2.75) is 47.1 Å². The van der Waals surface area contributed by atoms with Gasteiger partial charge < -0.3 is 15.4 Å². The summed E-state index contributed by atoms with van der Waals surface area (Å²) in [6.45, 7) is 10.3. The number of aromatic nitrogens is 1. The molecule has 0 spiro atoms. The molecule has 1 aromatic rings. The van der Waals surface area contributed by atoms with Crippen LogP contribution in [0.25, 0.3) is 0 Å². The number of nitrogens with one attached hydrogen (secondary N) is 2. The minimum absolute atomic E-state index is 0.0395. The van der Waals surface area contributed by atoms with Crippen LogP contribution < -0.4 is 5.32 Å². The lowest BCUT2D eigenvalue weighted by molar-refractivity contribution is -0.121. The average Bonchev–Trinajstić information content (AvgIpc) is 2.64. The van der Waals surface area contributed by atoms with Crippen LogP contribution in [-0.4, -0.2) is 28.6 Å². The highest BCUT2D eigenvalue weighted by atomic mass is 32.1. The summed E-state index contributed by atoms with van der Waals surface area (Å²) in [7, 11) is 0. The van der Waals surface area contributed by atoms with E-state index in [1.807, 2.05) is 34.6 Å². The molecule has 0 aliphatic rings. The Labute approximate surface area is 129 Å². The smallest absolute Gasteiger partial charge is 0.225 e. The van der Waals surface area contributed by atoms with Crippen molar-refractivity contribution in [3.05, 3.63) is 14.5 Å². The summed E-state index contributed by atoms with van der Waals surface area (Å²) in [4.78, 5) is 16.0. The number of hydrogen-bond donors (Lipinski definition) is 3. The molecule has 3 N–H and O–H groups in total. The summed E-state index contributed by atoms with van der Waals surface area (Å²) >= 11 is 6.49. The number of aliphatic hydroxyl groups is 1. The van der Waals surface area contributed by atoms with E-state index in [9.17, 15) is 9.90 Å². The average molecular weight is 316 g/mol. The summed E-state index contributed by atoms with van der Waals surface area (Å²) in [5.41, 5.74) is 0.612. The summed E-state index contributed by atoms with van der Waals surface area (Å²) in [6, 6.07) is 0. The van der Waals surface area contributed by atoms with Crippen LogP contribution in [-0.2, 0) is 11.2 Å². The molecule has 0 saturated heterocycles. The molecular weight excluding hydrogens is 292 g/mol. The van der Waals surface area contributed by atoms with Crippen molar-refractivity contribution in [3.63, 3.8) is 0 Å². The van der Waals surface area contributed by atoms with Gasteiger partial charge in [0.05, 0.1) is 12.5 Å². The summed E-state index contributed by atoms with van der Waals surface area (Å²) in [5.74, 6) is 0.126. The van der Waals surface area contributed by atoms with Crippen LogP contribution in [0.2, 0.25) is 0 Å². The van der Waals surface area contributed by atoms with Crippen LogP contribution in [0.15, 0.2) is 0 Å². The second kappa shape index (κ2) is 6.83. The molecule has 1 amide bonds. The van der Waals surface area contributed by atoms with Crippen molar-refractivity contribution in [3.8, 4) is 0 Å². The van der Waals surface area contributed by atoms with E-state index in [2.05, 4.69) is 10.3 Å². The van der Waals surface area contributed by atoms with Gasteiger partial charge in [0.2, 0.25) is 5.91 Å². The van der Waals surface area contributed by atoms with E-state index in [4.69, 9.17) is 12.2 Å². The number of carbonyl (C=O) groups excluding carboxylic acids is 1. The molecule has 1 heterocycles. The van der Waals surface area contributed by atoms with Gasteiger partial charge in [0, 0.05) is 22.5 Å². The highest BCUT2D eigenvalue weighted by molar-refractivity contribution is 7.73. The number of rotatable bonds is 6. The minimum atomic E-state index is -0.446. The number of carbonyl (C=O) groups is 1. The van der Waals surface area contributed by atoms with E-state index in [1.54, 1.807) is 0 Å². The van der Waals surface area contributed by atoms with Crippen LogP contribution in [0.5, 0.6) is 0 Å². The van der Waals surface area contributed by atoms with Gasteiger partial charge in [-0.15, -0.1) is 11.3 Å². The zero-order valence-corrected chi connectivity index (χ0v) is 14.4. The first-order valence-corrected chi connectivity index (χ1v) is 7.99. The summed E-state index contributed by atoms with van der Waals surface area (Å²) in [6.07, 6.45) is -0.115. The number of aliphatic hydroxyl groups excluding tert-OH is 1. The van der Waals surface area contributed by atoms with E-state index in [1.165, 1.54) is 11.3 Å². The molecule has 0 radical (unpaired) electrons. The highest BCUT2D eigenvalue weighted by Gasteiger charge is 2.30. The van der Waals surface area contributed by atoms with Crippen molar-refractivity contribution in [1.29, 1.82) is 0 Å². The fourth-order valence-corrected chi connectivity index (χ4v) is 3.44. The molecule has 0 aliphatic carbocycles. The second-order valence-electron chi connectivity index (χ2n) is 6.19. The maximum Gasteiger partial charge on any atom is 0.225 e. The Balaban J connectivity index is 2.55. The van der Waals surface area contributed by atoms with E-state index < -0.39 is 6.10 Å². The third-order valence-corrected chi connectivity index (χ3v) is 4.75. The molecule has 1 rings (SSSR count). The van der Waals surface area contributed by atoms with Gasteiger partial charge in [0.15, 0.2) is 3.95 Å². The van der Waals surface area contributed by atoms with Crippen molar-refractivity contribution in [1.82, 2.24) is 10.3 Å². The number of thiazole rings is 1. The molecule has 0 aromatic carbocycles. The maximum atomic E-state index is 12.0. The summed E-state index contributed by atoms with van der Waals surface area (Å²) in [5, 5.41) is 13.0. The Morgan fingerprint density at radius 2 is 2.10 bits per heavy atom. The van der Waals surface area contributed by atoms with Crippen LogP contribution in [0.3, 0.4) is 0 Å². The zero-order valence-electron chi connectivity index (χ0n) is 12.7. The number of H-pyrrole nitrogens is 1. The lowest BCUT2D eigenvalue weighted by atomic mass is 9.80. The molecule has 0 aliphatic heterocycles. The van der Waals surface area contributed by atoms with Crippen LogP contribution in [0.1, 0.15) is 38.3 Å². The lowest BCUT2D eigenvalue weighted by Crippen LogP contribution is -2.43. The molecule has 6 heteroatoms. The van der Waals surface area contributed by atoms with Crippen LogP contribution in [0, 0.1) is 22.2 Å². The fraction of sp³-hybridized carbons (Fsp3) is 0.714. The van der Waals surface area contributed by atoms with Gasteiger partial charge in [-0.05, 0) is 25.1 Å². The van der Waals surface area contributed by atoms with E-state index in [0.29, 0.717) is 16.9 Å². The Morgan fingerprint density at radius 3 is 2.55 bits per heavy atom. The number of aromatic amines is 1. The fourth-order valence-electron chi connectivity index (χ4n) is 2.15. The molecule has 0 bridgehead atoms. The summed E-state index contributed by atoms with van der Waals surface area (Å²) < 4.78 is 0.695. The van der Waals surface area contributed by atoms with Crippen molar-refractivity contribution in [2.75, 3.05) is 6.54 Å². The minimum Gasteiger partial charge on any atom is -0.392 e. The Morgan fingerprint density at radius 1 is 1.50 bits per heavy atom. The van der Waals surface area contributed by atoms with Crippen molar-refractivity contribution < 1.29 is 9.90 Å². The molecule has 1 aromatic heterocycles. The molecule has 0 unspecified atom stereocenters. The highest BCUT2D eigenvalue weighted by Crippen LogP contribution is 2.25. The molecule has 4 nitrogen and oxygen atoms in total. The number of aryl methyl sites for hydroxylation is 1. The standard InChI is InChI=1S/C14H24N2O2S2/c1-8(2)12(18)14(4,5)7-15-11(17)6-10-9(3)16-13(19)20-10/h8,12,18H,6-7H2,1-5H3,(H,15,17)(H,16,19)/t12-/m1/s1. The van der Waals surface area contributed by atoms with Crippen molar-refractivity contribution >= 4 is 29.5 Å². The van der Waals surface area contributed by atoms with Gasteiger partial charge >= 0.3 is 0 Å². The van der Waals surface area contributed by atoms with E-state index >= 15 is 0 Å². The SMILES string of the molecule is Cc1[nH]c(=S)sc1CC(=O)NCC(C)(C)[C@H](O)C(C)C. The monoisotopic (exact) mass is 316 g/mol. The van der Waals surface area contributed by atoms with Crippen LogP contribution >= 0.6 is 23.6 Å². The molecule has 0 saturated carbocycles. The molecular formula is C14H24N2O2S2.